The van der Waals surface area contributed by atoms with E-state index in [1.54, 1.807) is 12.1 Å². The van der Waals surface area contributed by atoms with Gasteiger partial charge in [0, 0.05) is 18.6 Å². The van der Waals surface area contributed by atoms with Gasteiger partial charge >= 0.3 is 11.9 Å². The molecule has 0 unspecified atom stereocenters. The van der Waals surface area contributed by atoms with E-state index in [0.717, 1.165) is 0 Å². The number of hydrogen-bond acceptors (Lipinski definition) is 8. The molecule has 2 aromatic carbocycles. The second-order valence-electron chi connectivity index (χ2n) is 5.76. The van der Waals surface area contributed by atoms with Gasteiger partial charge in [0.1, 0.15) is 5.02 Å². The maximum Gasteiger partial charge on any atom is 0.363 e. The third kappa shape index (κ3) is 4.41. The summed E-state index contributed by atoms with van der Waals surface area (Å²) < 4.78 is 15.3. The number of carbonyl (C=O) groups is 2. The number of nitro benzene ring substituents is 1. The molecule has 0 spiro atoms. The van der Waals surface area contributed by atoms with Gasteiger partial charge in [0.25, 0.3) is 5.69 Å². The van der Waals surface area contributed by atoms with Crippen molar-refractivity contribution in [3.05, 3.63) is 68.4 Å². The Morgan fingerprint density at radius 2 is 2.00 bits per heavy atom. The number of ether oxygens (including phenoxy) is 3. The third-order valence-electron chi connectivity index (χ3n) is 3.76. The molecule has 1 heterocycles. The first kappa shape index (κ1) is 20.0. The van der Waals surface area contributed by atoms with Gasteiger partial charge in [-0.15, -0.1) is 0 Å². The summed E-state index contributed by atoms with van der Waals surface area (Å²) in [6.45, 7) is 1.25. The predicted molar refractivity (Wildman–Crippen MR) is 103 cm³/mol. The number of hydrogen-bond donors (Lipinski definition) is 0. The van der Waals surface area contributed by atoms with Crippen LogP contribution in [-0.4, -0.2) is 29.9 Å². The number of rotatable bonds is 5. The highest BCUT2D eigenvalue weighted by atomic mass is 35.5. The average Bonchev–Trinajstić information content (AvgIpc) is 3.02. The van der Waals surface area contributed by atoms with Crippen molar-refractivity contribution >= 4 is 41.2 Å². The summed E-state index contributed by atoms with van der Waals surface area (Å²) >= 11 is 5.79. The predicted octanol–water partition coefficient (Wildman–Crippen LogP) is 3.53. The second kappa shape index (κ2) is 8.11. The Morgan fingerprint density at radius 1 is 1.24 bits per heavy atom. The van der Waals surface area contributed by atoms with Crippen molar-refractivity contribution in [3.8, 4) is 11.5 Å². The zero-order chi connectivity index (χ0) is 21.1. The van der Waals surface area contributed by atoms with Gasteiger partial charge < -0.3 is 14.2 Å². The van der Waals surface area contributed by atoms with Crippen LogP contribution >= 0.6 is 11.6 Å². The molecule has 10 heteroatoms. The lowest BCUT2D eigenvalue weighted by Crippen LogP contribution is -2.06. The standard InChI is InChI=1S/C19H13ClN2O7/c1-10(23)28-17-8-11(3-6-16(17)27-2)7-14-19(24)29-18(21-14)12-4-5-13(20)15(9-12)22(25)26/h3-9H,1-2H3/b14-7-. The summed E-state index contributed by atoms with van der Waals surface area (Å²) in [5.41, 5.74) is 0.368. The first-order valence-corrected chi connectivity index (χ1v) is 8.49. The Labute approximate surface area is 169 Å². The van der Waals surface area contributed by atoms with E-state index in [1.807, 2.05) is 0 Å². The molecule has 0 atom stereocenters. The van der Waals surface area contributed by atoms with Crippen molar-refractivity contribution in [2.75, 3.05) is 7.11 Å². The largest absolute Gasteiger partial charge is 0.493 e. The zero-order valence-corrected chi connectivity index (χ0v) is 15.9. The fourth-order valence-corrected chi connectivity index (χ4v) is 2.68. The van der Waals surface area contributed by atoms with Gasteiger partial charge in [0.2, 0.25) is 5.90 Å². The van der Waals surface area contributed by atoms with Crippen molar-refractivity contribution in [3.63, 3.8) is 0 Å². The molecular weight excluding hydrogens is 404 g/mol. The van der Waals surface area contributed by atoms with Crippen LogP contribution in [0.2, 0.25) is 5.02 Å². The molecule has 3 rings (SSSR count). The molecule has 1 aliphatic heterocycles. The fourth-order valence-electron chi connectivity index (χ4n) is 2.49. The Balaban J connectivity index is 1.96. The number of esters is 2. The van der Waals surface area contributed by atoms with Crippen LogP contribution in [-0.2, 0) is 14.3 Å². The monoisotopic (exact) mass is 416 g/mol. The van der Waals surface area contributed by atoms with Crippen LogP contribution in [0.3, 0.4) is 0 Å². The van der Waals surface area contributed by atoms with Crippen molar-refractivity contribution in [1.29, 1.82) is 0 Å². The van der Waals surface area contributed by atoms with Gasteiger partial charge in [-0.2, -0.15) is 0 Å². The highest BCUT2D eigenvalue weighted by molar-refractivity contribution is 6.32. The van der Waals surface area contributed by atoms with Crippen LogP contribution in [0, 0.1) is 10.1 Å². The van der Waals surface area contributed by atoms with Gasteiger partial charge in [0.15, 0.2) is 17.2 Å². The molecule has 148 valence electrons. The van der Waals surface area contributed by atoms with Gasteiger partial charge in [0.05, 0.1) is 12.0 Å². The zero-order valence-electron chi connectivity index (χ0n) is 15.2. The summed E-state index contributed by atoms with van der Waals surface area (Å²) in [6, 6.07) is 8.65. The topological polar surface area (TPSA) is 117 Å². The Morgan fingerprint density at radius 3 is 2.66 bits per heavy atom. The molecule has 0 fully saturated rings. The number of aliphatic imine (C=N–C) groups is 1. The van der Waals surface area contributed by atoms with E-state index >= 15 is 0 Å². The Kier molecular flexibility index (Phi) is 5.60. The normalized spacial score (nSPS) is 14.4. The van der Waals surface area contributed by atoms with Gasteiger partial charge in [-0.05, 0) is 35.9 Å². The molecule has 0 aliphatic carbocycles. The molecule has 0 saturated carbocycles. The molecule has 2 aromatic rings. The van der Waals surface area contributed by atoms with Crippen LogP contribution in [0.25, 0.3) is 6.08 Å². The minimum Gasteiger partial charge on any atom is -0.493 e. The van der Waals surface area contributed by atoms with Crippen LogP contribution in [0.4, 0.5) is 5.69 Å². The lowest BCUT2D eigenvalue weighted by molar-refractivity contribution is -0.384. The number of benzene rings is 2. The highest BCUT2D eigenvalue weighted by Crippen LogP contribution is 2.31. The van der Waals surface area contributed by atoms with E-state index in [1.165, 1.54) is 44.4 Å². The van der Waals surface area contributed by atoms with Crippen molar-refractivity contribution < 1.29 is 28.7 Å². The fraction of sp³-hybridized carbons (Fsp3) is 0.105. The number of nitro groups is 1. The van der Waals surface area contributed by atoms with E-state index in [2.05, 4.69) is 4.99 Å². The molecule has 0 saturated heterocycles. The summed E-state index contributed by atoms with van der Waals surface area (Å²) in [5.74, 6) is -0.831. The Bertz CT molecular complexity index is 1090. The van der Waals surface area contributed by atoms with E-state index in [4.69, 9.17) is 25.8 Å². The maximum absolute atomic E-state index is 12.2. The Hall–Kier alpha value is -3.72. The van der Waals surface area contributed by atoms with E-state index in [-0.39, 0.29) is 33.6 Å². The van der Waals surface area contributed by atoms with E-state index in [0.29, 0.717) is 11.3 Å². The molecule has 29 heavy (non-hydrogen) atoms. The summed E-state index contributed by atoms with van der Waals surface area (Å²) in [6.07, 6.45) is 1.42. The number of halogens is 1. The summed E-state index contributed by atoms with van der Waals surface area (Å²) in [4.78, 5) is 37.9. The third-order valence-corrected chi connectivity index (χ3v) is 4.07. The number of carbonyl (C=O) groups excluding carboxylic acids is 2. The van der Waals surface area contributed by atoms with E-state index in [9.17, 15) is 19.7 Å². The van der Waals surface area contributed by atoms with Crippen molar-refractivity contribution in [2.45, 2.75) is 6.92 Å². The molecule has 0 bridgehead atoms. The number of cyclic esters (lactones) is 1. The lowest BCUT2D eigenvalue weighted by atomic mass is 10.1. The van der Waals surface area contributed by atoms with Crippen LogP contribution in [0.1, 0.15) is 18.1 Å². The lowest BCUT2D eigenvalue weighted by Gasteiger charge is -2.08. The molecule has 1 aliphatic rings. The molecule has 0 aromatic heterocycles. The summed E-state index contributed by atoms with van der Waals surface area (Å²) in [5, 5.41) is 11.0. The van der Waals surface area contributed by atoms with Crippen molar-refractivity contribution in [2.24, 2.45) is 4.99 Å². The van der Waals surface area contributed by atoms with Crippen LogP contribution in [0.15, 0.2) is 47.1 Å². The van der Waals surface area contributed by atoms with Gasteiger partial charge in [-0.1, -0.05) is 17.7 Å². The number of methoxy groups -OCH3 is 1. The number of nitrogens with zero attached hydrogens (tertiary/aromatic N) is 2. The van der Waals surface area contributed by atoms with Gasteiger partial charge in [-0.3, -0.25) is 14.9 Å². The SMILES string of the molecule is COc1ccc(/C=C2\N=C(c3ccc(Cl)c([N+](=O)[O-])c3)OC2=O)cc1OC(C)=O. The van der Waals surface area contributed by atoms with E-state index < -0.39 is 16.9 Å². The van der Waals surface area contributed by atoms with Gasteiger partial charge in [-0.25, -0.2) is 9.79 Å². The average molecular weight is 417 g/mol. The van der Waals surface area contributed by atoms with Crippen LogP contribution < -0.4 is 9.47 Å². The minimum absolute atomic E-state index is 0.0310. The minimum atomic E-state index is -0.734. The quantitative estimate of drug-likeness (QED) is 0.240. The smallest absolute Gasteiger partial charge is 0.363 e. The molecule has 0 N–H and O–H groups in total. The highest BCUT2D eigenvalue weighted by Gasteiger charge is 2.26. The molecule has 0 radical (unpaired) electrons. The summed E-state index contributed by atoms with van der Waals surface area (Å²) in [7, 11) is 1.43. The maximum atomic E-state index is 12.2. The molecule has 0 amide bonds. The first-order chi connectivity index (χ1) is 13.8. The van der Waals surface area contributed by atoms with Crippen LogP contribution in [0.5, 0.6) is 11.5 Å². The molecular formula is C19H13ClN2O7. The first-order valence-electron chi connectivity index (χ1n) is 8.12. The second-order valence-corrected chi connectivity index (χ2v) is 6.17. The van der Waals surface area contributed by atoms with Crippen molar-refractivity contribution in [1.82, 2.24) is 0 Å². The molecule has 9 nitrogen and oxygen atoms in total.